The number of rotatable bonds is 1. The third-order valence-corrected chi connectivity index (χ3v) is 3.68. The topological polar surface area (TPSA) is 37.3 Å². The second kappa shape index (κ2) is 4.97. The van der Waals surface area contributed by atoms with Crippen LogP contribution in [0.1, 0.15) is 33.5 Å². The minimum Gasteiger partial charge on any atom is -0.508 e. The molecule has 0 spiro atoms. The molecule has 3 rings (SSSR count). The van der Waals surface area contributed by atoms with Crippen LogP contribution >= 0.6 is 0 Å². The fourth-order valence-electron chi connectivity index (χ4n) is 2.65. The molecule has 20 heavy (non-hydrogen) atoms. The smallest absolute Gasteiger partial charge is 0.189 e. The zero-order chi connectivity index (χ0) is 14.1. The number of allylic oxidation sites excluding steroid dienone is 1. The van der Waals surface area contributed by atoms with Crippen LogP contribution < -0.4 is 0 Å². The van der Waals surface area contributed by atoms with E-state index in [1.54, 1.807) is 12.1 Å². The van der Waals surface area contributed by atoms with E-state index in [0.29, 0.717) is 5.56 Å². The van der Waals surface area contributed by atoms with Gasteiger partial charge in [-0.05, 0) is 49.1 Å². The Labute approximate surface area is 118 Å². The van der Waals surface area contributed by atoms with Crippen molar-refractivity contribution >= 4 is 11.9 Å². The molecule has 2 aromatic carbocycles. The molecular weight excluding hydrogens is 248 g/mol. The number of phenolic OH excluding ortho intramolecular Hbond substituents is 1. The van der Waals surface area contributed by atoms with Gasteiger partial charge in [0.15, 0.2) is 5.78 Å². The van der Waals surface area contributed by atoms with E-state index in [-0.39, 0.29) is 11.5 Å². The molecule has 2 nitrogen and oxygen atoms in total. The van der Waals surface area contributed by atoms with Crippen LogP contribution in [0.2, 0.25) is 0 Å². The van der Waals surface area contributed by atoms with E-state index in [4.69, 9.17) is 0 Å². The standard InChI is InChI=1S/C18H16O2/c1-12-3-2-4-13(9-12)10-15-6-5-14-7-8-16(19)11-17(14)18(15)20/h2-4,7-11,19H,5-6H2,1H3/b15-10+. The number of Topliss-reactive ketones (excluding diaryl/α,β-unsaturated/α-hetero) is 1. The summed E-state index contributed by atoms with van der Waals surface area (Å²) < 4.78 is 0. The number of hydrogen-bond donors (Lipinski definition) is 1. The quantitative estimate of drug-likeness (QED) is 0.793. The van der Waals surface area contributed by atoms with Crippen molar-refractivity contribution < 1.29 is 9.90 Å². The minimum absolute atomic E-state index is 0.0312. The average molecular weight is 264 g/mol. The van der Waals surface area contributed by atoms with Crippen molar-refractivity contribution in [2.75, 3.05) is 0 Å². The summed E-state index contributed by atoms with van der Waals surface area (Å²) in [7, 11) is 0. The SMILES string of the molecule is Cc1cccc(/C=C2\CCc3ccc(O)cc3C2=O)c1. The summed E-state index contributed by atoms with van der Waals surface area (Å²) >= 11 is 0. The first-order valence-corrected chi connectivity index (χ1v) is 6.77. The average Bonchev–Trinajstić information content (AvgIpc) is 2.43. The Morgan fingerprint density at radius 3 is 2.75 bits per heavy atom. The monoisotopic (exact) mass is 264 g/mol. The molecule has 0 bridgehead atoms. The lowest BCUT2D eigenvalue weighted by molar-refractivity contribution is 0.102. The van der Waals surface area contributed by atoms with Gasteiger partial charge in [-0.1, -0.05) is 35.9 Å². The summed E-state index contributed by atoms with van der Waals surface area (Å²) in [6, 6.07) is 13.2. The van der Waals surface area contributed by atoms with Crippen molar-refractivity contribution in [2.24, 2.45) is 0 Å². The van der Waals surface area contributed by atoms with Crippen LogP contribution in [0.15, 0.2) is 48.0 Å². The van der Waals surface area contributed by atoms with Gasteiger partial charge >= 0.3 is 0 Å². The molecule has 0 aliphatic heterocycles. The number of aryl methyl sites for hydroxylation is 2. The second-order valence-electron chi connectivity index (χ2n) is 5.25. The van der Waals surface area contributed by atoms with Crippen molar-refractivity contribution in [3.8, 4) is 5.75 Å². The first-order chi connectivity index (χ1) is 9.63. The largest absolute Gasteiger partial charge is 0.508 e. The van der Waals surface area contributed by atoms with Gasteiger partial charge in [-0.25, -0.2) is 0 Å². The lowest BCUT2D eigenvalue weighted by atomic mass is 9.86. The predicted molar refractivity (Wildman–Crippen MR) is 79.9 cm³/mol. The Balaban J connectivity index is 2.00. The third kappa shape index (κ3) is 2.37. The van der Waals surface area contributed by atoms with E-state index >= 15 is 0 Å². The molecule has 0 radical (unpaired) electrons. The van der Waals surface area contributed by atoms with Crippen LogP contribution in [0.3, 0.4) is 0 Å². The van der Waals surface area contributed by atoms with Gasteiger partial charge in [0.25, 0.3) is 0 Å². The van der Waals surface area contributed by atoms with Crippen LogP contribution in [0, 0.1) is 6.92 Å². The van der Waals surface area contributed by atoms with Crippen LogP contribution in [0.5, 0.6) is 5.75 Å². The molecular formula is C18H16O2. The van der Waals surface area contributed by atoms with Gasteiger partial charge in [-0.3, -0.25) is 4.79 Å². The second-order valence-corrected chi connectivity index (χ2v) is 5.25. The summed E-state index contributed by atoms with van der Waals surface area (Å²) in [5, 5.41) is 9.55. The first-order valence-electron chi connectivity index (χ1n) is 6.77. The van der Waals surface area contributed by atoms with Gasteiger partial charge in [-0.2, -0.15) is 0 Å². The number of fused-ring (bicyclic) bond motifs is 1. The zero-order valence-electron chi connectivity index (χ0n) is 11.4. The highest BCUT2D eigenvalue weighted by molar-refractivity contribution is 6.13. The van der Waals surface area contributed by atoms with E-state index < -0.39 is 0 Å². The summed E-state index contributed by atoms with van der Waals surface area (Å²) in [4.78, 5) is 12.5. The molecule has 1 aliphatic rings. The maximum absolute atomic E-state index is 12.5. The van der Waals surface area contributed by atoms with E-state index in [1.807, 2.05) is 37.3 Å². The van der Waals surface area contributed by atoms with Gasteiger partial charge in [-0.15, -0.1) is 0 Å². The number of carbonyl (C=O) groups is 1. The van der Waals surface area contributed by atoms with Gasteiger partial charge in [0.2, 0.25) is 0 Å². The van der Waals surface area contributed by atoms with E-state index in [9.17, 15) is 9.90 Å². The van der Waals surface area contributed by atoms with Gasteiger partial charge < -0.3 is 5.11 Å². The fraction of sp³-hybridized carbons (Fsp3) is 0.167. The van der Waals surface area contributed by atoms with Crippen molar-refractivity contribution in [3.05, 3.63) is 70.3 Å². The van der Waals surface area contributed by atoms with Crippen LogP contribution in [0.4, 0.5) is 0 Å². The molecule has 1 N–H and O–H groups in total. The zero-order valence-corrected chi connectivity index (χ0v) is 11.4. The van der Waals surface area contributed by atoms with Gasteiger partial charge in [0, 0.05) is 11.1 Å². The lowest BCUT2D eigenvalue weighted by Gasteiger charge is -2.17. The molecule has 0 saturated carbocycles. The highest BCUT2D eigenvalue weighted by Crippen LogP contribution is 2.29. The number of phenols is 1. The maximum atomic E-state index is 12.5. The third-order valence-electron chi connectivity index (χ3n) is 3.68. The number of aromatic hydroxyl groups is 1. The lowest BCUT2D eigenvalue weighted by Crippen LogP contribution is -2.13. The molecule has 1 aliphatic carbocycles. The molecule has 0 fully saturated rings. The summed E-state index contributed by atoms with van der Waals surface area (Å²) in [6.07, 6.45) is 3.56. The summed E-state index contributed by atoms with van der Waals surface area (Å²) in [6.45, 7) is 2.04. The van der Waals surface area contributed by atoms with Crippen molar-refractivity contribution in [1.82, 2.24) is 0 Å². The minimum atomic E-state index is 0.0312. The molecule has 2 aromatic rings. The molecule has 2 heteroatoms. The predicted octanol–water partition coefficient (Wildman–Crippen LogP) is 3.91. The molecule has 0 unspecified atom stereocenters. The summed E-state index contributed by atoms with van der Waals surface area (Å²) in [5.74, 6) is 0.178. The fourth-order valence-corrected chi connectivity index (χ4v) is 2.65. The van der Waals surface area contributed by atoms with Crippen molar-refractivity contribution in [2.45, 2.75) is 19.8 Å². The van der Waals surface area contributed by atoms with Crippen molar-refractivity contribution in [1.29, 1.82) is 0 Å². The Morgan fingerprint density at radius 1 is 1.10 bits per heavy atom. The van der Waals surface area contributed by atoms with Gasteiger partial charge in [0.05, 0.1) is 0 Å². The Bertz CT molecular complexity index is 711. The highest BCUT2D eigenvalue weighted by atomic mass is 16.3. The molecule has 0 amide bonds. The summed E-state index contributed by atoms with van der Waals surface area (Å²) in [5.41, 5.74) is 4.70. The van der Waals surface area contributed by atoms with E-state index in [2.05, 4.69) is 6.07 Å². The normalized spacial score (nSPS) is 16.2. The van der Waals surface area contributed by atoms with Gasteiger partial charge in [0.1, 0.15) is 5.75 Å². The van der Waals surface area contributed by atoms with Crippen LogP contribution in [-0.4, -0.2) is 10.9 Å². The number of ketones is 1. The Hall–Kier alpha value is -2.35. The molecule has 0 saturated heterocycles. The maximum Gasteiger partial charge on any atom is 0.189 e. The molecule has 0 heterocycles. The van der Waals surface area contributed by atoms with E-state index in [0.717, 1.165) is 29.5 Å². The first kappa shape index (κ1) is 12.7. The van der Waals surface area contributed by atoms with E-state index in [1.165, 1.54) is 5.56 Å². The number of carbonyl (C=O) groups excluding carboxylic acids is 1. The van der Waals surface area contributed by atoms with Crippen LogP contribution in [0.25, 0.3) is 6.08 Å². The molecule has 100 valence electrons. The molecule has 0 atom stereocenters. The van der Waals surface area contributed by atoms with Crippen molar-refractivity contribution in [3.63, 3.8) is 0 Å². The Morgan fingerprint density at radius 2 is 1.95 bits per heavy atom. The Kier molecular flexibility index (Phi) is 3.15. The number of hydrogen-bond acceptors (Lipinski definition) is 2. The highest BCUT2D eigenvalue weighted by Gasteiger charge is 2.22. The molecule has 0 aromatic heterocycles. The number of benzene rings is 2. The van der Waals surface area contributed by atoms with Crippen LogP contribution in [-0.2, 0) is 6.42 Å².